The number of nitrogens with zero attached hydrogens (tertiary/aromatic N) is 2. The Morgan fingerprint density at radius 2 is 1.91 bits per heavy atom. The van der Waals surface area contributed by atoms with Crippen molar-refractivity contribution in [2.75, 3.05) is 18.0 Å². The van der Waals surface area contributed by atoms with Crippen LogP contribution in [0.4, 0.5) is 16.2 Å². The van der Waals surface area contributed by atoms with Gasteiger partial charge in [-0.1, -0.05) is 12.1 Å². The maximum atomic E-state index is 11.6. The van der Waals surface area contributed by atoms with Crippen molar-refractivity contribution in [3.8, 4) is 5.75 Å². The second-order valence-electron chi connectivity index (χ2n) is 4.77. The predicted molar refractivity (Wildman–Crippen MR) is 86.8 cm³/mol. The third-order valence-electron chi connectivity index (χ3n) is 3.29. The molecule has 23 heavy (non-hydrogen) atoms. The number of hydrogen-bond acceptors (Lipinski definition) is 5. The molecule has 0 aliphatic carbocycles. The lowest BCUT2D eigenvalue weighted by Gasteiger charge is -2.14. The number of carbonyl (C=O) groups is 1. The molecule has 1 aliphatic heterocycles. The van der Waals surface area contributed by atoms with Crippen LogP contribution < -0.4 is 14.4 Å². The van der Waals surface area contributed by atoms with E-state index in [4.69, 9.17) is 4.18 Å². The molecule has 2 aromatic rings. The highest BCUT2D eigenvalue weighted by atomic mass is 32.2. The molecule has 0 radical (unpaired) electrons. The van der Waals surface area contributed by atoms with Crippen molar-refractivity contribution in [3.05, 3.63) is 58.6 Å². The number of hydrogen-bond donors (Lipinski definition) is 1. The fourth-order valence-corrected chi connectivity index (χ4v) is 2.75. The average Bonchev–Trinajstić information content (AvgIpc) is 2.99. The molecule has 2 amide bonds. The van der Waals surface area contributed by atoms with Crippen LogP contribution in [0.25, 0.3) is 0 Å². The number of benzene rings is 2. The smallest absolute Gasteiger partial charge is 0.321 e. The van der Waals surface area contributed by atoms with Gasteiger partial charge in [-0.25, -0.2) is 4.79 Å². The van der Waals surface area contributed by atoms with Crippen molar-refractivity contribution in [3.63, 3.8) is 0 Å². The summed E-state index contributed by atoms with van der Waals surface area (Å²) in [6, 6.07) is 13.3. The fraction of sp³-hybridized carbons (Fsp3) is 0.133. The lowest BCUT2D eigenvalue weighted by molar-refractivity contribution is -0.385. The number of rotatable bonds is 5. The van der Waals surface area contributed by atoms with Crippen LogP contribution in [0.15, 0.2) is 53.4 Å². The van der Waals surface area contributed by atoms with Crippen LogP contribution in [-0.4, -0.2) is 24.0 Å². The zero-order valence-electron chi connectivity index (χ0n) is 12.0. The molecule has 1 heterocycles. The first-order valence-electron chi connectivity index (χ1n) is 6.88. The summed E-state index contributed by atoms with van der Waals surface area (Å²) >= 11 is 1.03. The molecule has 7 nitrogen and oxygen atoms in total. The molecule has 1 aliphatic rings. The van der Waals surface area contributed by atoms with Gasteiger partial charge in [0, 0.05) is 29.7 Å². The second kappa shape index (κ2) is 6.57. The molecule has 2 aromatic carbocycles. The van der Waals surface area contributed by atoms with Crippen LogP contribution in [0, 0.1) is 10.1 Å². The second-order valence-corrected chi connectivity index (χ2v) is 5.57. The SMILES string of the molecule is O=C1NCCN1c1ccc(SOc2ccccc2[N+](=O)[O-])cc1. The third kappa shape index (κ3) is 3.37. The summed E-state index contributed by atoms with van der Waals surface area (Å²) in [7, 11) is 0. The number of carbonyl (C=O) groups excluding carboxylic acids is 1. The number of anilines is 1. The van der Waals surface area contributed by atoms with Crippen LogP contribution >= 0.6 is 12.0 Å². The molecule has 0 atom stereocenters. The van der Waals surface area contributed by atoms with E-state index in [0.717, 1.165) is 22.6 Å². The van der Waals surface area contributed by atoms with Crippen molar-refractivity contribution in [2.24, 2.45) is 0 Å². The Balaban J connectivity index is 1.67. The normalized spacial score (nSPS) is 13.7. The molecule has 1 saturated heterocycles. The zero-order chi connectivity index (χ0) is 16.2. The summed E-state index contributed by atoms with van der Waals surface area (Å²) in [6.07, 6.45) is 0. The molecule has 0 bridgehead atoms. The van der Waals surface area contributed by atoms with Gasteiger partial charge in [-0.2, -0.15) is 0 Å². The quantitative estimate of drug-likeness (QED) is 0.516. The average molecular weight is 331 g/mol. The molecule has 1 N–H and O–H groups in total. The highest BCUT2D eigenvalue weighted by Gasteiger charge is 2.21. The van der Waals surface area contributed by atoms with Gasteiger partial charge in [0.15, 0.2) is 0 Å². The Kier molecular flexibility index (Phi) is 4.33. The summed E-state index contributed by atoms with van der Waals surface area (Å²) in [5, 5.41) is 13.7. The summed E-state index contributed by atoms with van der Waals surface area (Å²) in [4.78, 5) is 24.5. The van der Waals surface area contributed by atoms with Gasteiger partial charge in [0.1, 0.15) is 0 Å². The van der Waals surface area contributed by atoms with E-state index >= 15 is 0 Å². The van der Waals surface area contributed by atoms with Crippen molar-refractivity contribution >= 4 is 29.4 Å². The van der Waals surface area contributed by atoms with Gasteiger partial charge in [0.05, 0.1) is 17.0 Å². The van der Waals surface area contributed by atoms with Gasteiger partial charge in [0.2, 0.25) is 5.75 Å². The van der Waals surface area contributed by atoms with Crippen LogP contribution in [0.5, 0.6) is 5.75 Å². The number of nitrogens with one attached hydrogen (secondary N) is 1. The predicted octanol–water partition coefficient (Wildman–Crippen LogP) is 3.21. The van der Waals surface area contributed by atoms with E-state index in [9.17, 15) is 14.9 Å². The zero-order valence-corrected chi connectivity index (χ0v) is 12.8. The molecule has 3 rings (SSSR count). The Morgan fingerprint density at radius 1 is 1.17 bits per heavy atom. The van der Waals surface area contributed by atoms with E-state index in [1.165, 1.54) is 6.07 Å². The van der Waals surface area contributed by atoms with Crippen molar-refractivity contribution in [1.82, 2.24) is 5.32 Å². The maximum Gasteiger partial charge on any atom is 0.321 e. The van der Waals surface area contributed by atoms with Crippen LogP contribution in [0.3, 0.4) is 0 Å². The Labute approximate surface area is 136 Å². The third-order valence-corrected chi connectivity index (χ3v) is 4.02. The summed E-state index contributed by atoms with van der Waals surface area (Å²) in [5.74, 6) is 0.200. The minimum atomic E-state index is -0.481. The summed E-state index contributed by atoms with van der Waals surface area (Å²) in [6.45, 7) is 1.27. The number of nitro benzene ring substituents is 1. The van der Waals surface area contributed by atoms with Crippen LogP contribution in [-0.2, 0) is 0 Å². The molecular weight excluding hydrogens is 318 g/mol. The van der Waals surface area contributed by atoms with Crippen molar-refractivity contribution in [1.29, 1.82) is 0 Å². The fourth-order valence-electron chi connectivity index (χ4n) is 2.17. The molecule has 118 valence electrons. The monoisotopic (exact) mass is 331 g/mol. The van der Waals surface area contributed by atoms with Gasteiger partial charge in [-0.15, -0.1) is 0 Å². The van der Waals surface area contributed by atoms with Gasteiger partial charge >= 0.3 is 11.7 Å². The Hall–Kier alpha value is -2.74. The van der Waals surface area contributed by atoms with E-state index < -0.39 is 4.92 Å². The minimum Gasteiger partial charge on any atom is -0.413 e. The highest BCUT2D eigenvalue weighted by molar-refractivity contribution is 7.95. The minimum absolute atomic E-state index is 0.0784. The first-order valence-corrected chi connectivity index (χ1v) is 7.63. The van der Waals surface area contributed by atoms with Gasteiger partial charge in [-0.05, 0) is 30.3 Å². The van der Waals surface area contributed by atoms with Gasteiger partial charge < -0.3 is 9.50 Å². The van der Waals surface area contributed by atoms with Gasteiger partial charge in [-0.3, -0.25) is 15.0 Å². The molecule has 8 heteroatoms. The Morgan fingerprint density at radius 3 is 2.57 bits per heavy atom. The van der Waals surface area contributed by atoms with Crippen LogP contribution in [0.1, 0.15) is 0 Å². The van der Waals surface area contributed by atoms with Gasteiger partial charge in [0.25, 0.3) is 0 Å². The summed E-state index contributed by atoms with van der Waals surface area (Å²) < 4.78 is 5.45. The molecule has 0 unspecified atom stereocenters. The highest BCUT2D eigenvalue weighted by Crippen LogP contribution is 2.32. The number of amides is 2. The topological polar surface area (TPSA) is 84.7 Å². The molecule has 0 saturated carbocycles. The first-order chi connectivity index (χ1) is 11.1. The lowest BCUT2D eigenvalue weighted by Crippen LogP contribution is -2.27. The number of nitro groups is 1. The molecule has 0 aromatic heterocycles. The molecular formula is C15H13N3O4S. The number of urea groups is 1. The van der Waals surface area contributed by atoms with E-state index in [-0.39, 0.29) is 17.5 Å². The van der Waals surface area contributed by atoms with E-state index in [2.05, 4.69) is 5.32 Å². The standard InChI is InChI=1S/C15H13N3O4S/c19-15-16-9-10-17(15)11-5-7-12(8-6-11)23-22-14-4-2-1-3-13(14)18(20)21/h1-8H,9-10H2,(H,16,19). The first kappa shape index (κ1) is 15.2. The Bertz CT molecular complexity index is 736. The van der Waals surface area contributed by atoms with E-state index in [1.807, 2.05) is 12.1 Å². The largest absolute Gasteiger partial charge is 0.413 e. The molecule has 0 spiro atoms. The summed E-state index contributed by atoms with van der Waals surface area (Å²) in [5.41, 5.74) is 0.723. The van der Waals surface area contributed by atoms with E-state index in [1.54, 1.807) is 35.2 Å². The molecule has 1 fully saturated rings. The van der Waals surface area contributed by atoms with Crippen molar-refractivity contribution < 1.29 is 13.9 Å². The number of para-hydroxylation sites is 2. The van der Waals surface area contributed by atoms with E-state index in [0.29, 0.717) is 13.1 Å². The lowest BCUT2D eigenvalue weighted by atomic mass is 10.3. The van der Waals surface area contributed by atoms with Crippen LogP contribution in [0.2, 0.25) is 0 Å². The maximum absolute atomic E-state index is 11.6. The van der Waals surface area contributed by atoms with Crippen molar-refractivity contribution in [2.45, 2.75) is 4.90 Å².